The summed E-state index contributed by atoms with van der Waals surface area (Å²) >= 11 is 0. The van der Waals surface area contributed by atoms with Gasteiger partial charge in [0.05, 0.1) is 11.8 Å². The summed E-state index contributed by atoms with van der Waals surface area (Å²) in [5, 5.41) is 10.3. The first-order chi connectivity index (χ1) is 12.0. The molecule has 0 aliphatic carbocycles. The molecule has 1 aromatic heterocycles. The highest BCUT2D eigenvalue weighted by atomic mass is 19.1. The number of aryl methyl sites for hydroxylation is 1. The number of amides is 1. The monoisotopic (exact) mass is 338 g/mol. The maximum Gasteiger partial charge on any atom is 0.258 e. The lowest BCUT2D eigenvalue weighted by molar-refractivity contribution is 0.0814. The SMILES string of the molecule is Cc1ccc(Cc2ccc(F)cc2)cncc(O)c2c1CN(C)C2=O. The Balaban J connectivity index is 2.06. The number of halogens is 1. The molecule has 0 fully saturated rings. The van der Waals surface area contributed by atoms with Gasteiger partial charge in [0.25, 0.3) is 5.91 Å². The topological polar surface area (TPSA) is 53.4 Å². The van der Waals surface area contributed by atoms with E-state index in [4.69, 9.17) is 0 Å². The van der Waals surface area contributed by atoms with Crippen LogP contribution in [0.4, 0.5) is 4.39 Å². The van der Waals surface area contributed by atoms with E-state index in [0.717, 1.165) is 22.3 Å². The van der Waals surface area contributed by atoms with Gasteiger partial charge in [0.2, 0.25) is 0 Å². The van der Waals surface area contributed by atoms with E-state index >= 15 is 0 Å². The largest absolute Gasteiger partial charge is 0.505 e. The van der Waals surface area contributed by atoms with Crippen molar-refractivity contribution in [2.75, 3.05) is 7.05 Å². The van der Waals surface area contributed by atoms with E-state index in [9.17, 15) is 14.3 Å². The fourth-order valence-corrected chi connectivity index (χ4v) is 2.88. The molecule has 1 aliphatic heterocycles. The molecule has 1 aromatic carbocycles. The van der Waals surface area contributed by atoms with E-state index < -0.39 is 0 Å². The van der Waals surface area contributed by atoms with Crippen molar-refractivity contribution in [1.29, 1.82) is 0 Å². The van der Waals surface area contributed by atoms with Crippen LogP contribution >= 0.6 is 0 Å². The van der Waals surface area contributed by atoms with Crippen LogP contribution in [0.3, 0.4) is 0 Å². The number of nitrogens with zero attached hydrogens (tertiary/aromatic N) is 2. The molecule has 0 radical (unpaired) electrons. The molecule has 2 aromatic rings. The summed E-state index contributed by atoms with van der Waals surface area (Å²) in [5.41, 5.74) is 3.90. The van der Waals surface area contributed by atoms with Crippen LogP contribution in [0.15, 0.2) is 48.8 Å². The minimum Gasteiger partial charge on any atom is -0.505 e. The fraction of sp³-hybridized carbons (Fsp3) is 0.200. The Kier molecular flexibility index (Phi) is 4.65. The number of aromatic nitrogens is 1. The first kappa shape index (κ1) is 16.9. The van der Waals surface area contributed by atoms with Crippen LogP contribution in [0.5, 0.6) is 5.75 Å². The Morgan fingerprint density at radius 2 is 1.80 bits per heavy atom. The third-order valence-electron chi connectivity index (χ3n) is 4.30. The second-order valence-corrected chi connectivity index (χ2v) is 6.20. The summed E-state index contributed by atoms with van der Waals surface area (Å²) in [6.07, 6.45) is 3.52. The molecule has 0 spiro atoms. The van der Waals surface area contributed by atoms with Gasteiger partial charge in [-0.15, -0.1) is 0 Å². The number of carbonyl (C=O) groups excluding carboxylic acids is 1. The van der Waals surface area contributed by atoms with Crippen molar-refractivity contribution in [1.82, 2.24) is 9.88 Å². The maximum atomic E-state index is 13.0. The lowest BCUT2D eigenvalue weighted by Gasteiger charge is -2.05. The van der Waals surface area contributed by atoms with Crippen molar-refractivity contribution in [3.63, 3.8) is 0 Å². The molecular weight excluding hydrogens is 319 g/mol. The zero-order valence-electron chi connectivity index (χ0n) is 14.2. The van der Waals surface area contributed by atoms with E-state index in [-0.39, 0.29) is 17.5 Å². The van der Waals surface area contributed by atoms with Crippen molar-refractivity contribution in [3.8, 4) is 5.75 Å². The van der Waals surface area contributed by atoms with Crippen molar-refractivity contribution in [2.45, 2.75) is 19.9 Å². The first-order valence-corrected chi connectivity index (χ1v) is 7.99. The molecule has 1 amide bonds. The molecule has 1 aliphatic rings. The third kappa shape index (κ3) is 3.60. The Morgan fingerprint density at radius 1 is 1.12 bits per heavy atom. The lowest BCUT2D eigenvalue weighted by Crippen LogP contribution is -2.17. The summed E-state index contributed by atoms with van der Waals surface area (Å²) in [6.45, 7) is 2.37. The summed E-state index contributed by atoms with van der Waals surface area (Å²) in [6, 6.07) is 10.2. The van der Waals surface area contributed by atoms with Gasteiger partial charge in [0, 0.05) is 19.8 Å². The van der Waals surface area contributed by atoms with Gasteiger partial charge >= 0.3 is 0 Å². The number of carbonyl (C=O) groups is 1. The van der Waals surface area contributed by atoms with E-state index in [1.807, 2.05) is 19.1 Å². The van der Waals surface area contributed by atoms with Gasteiger partial charge in [0.15, 0.2) is 0 Å². The molecule has 0 saturated carbocycles. The quantitative estimate of drug-likeness (QED) is 0.911. The molecule has 0 unspecified atom stereocenters. The van der Waals surface area contributed by atoms with Crippen LogP contribution in [0.2, 0.25) is 0 Å². The zero-order valence-corrected chi connectivity index (χ0v) is 14.2. The molecule has 1 N–H and O–H groups in total. The molecule has 128 valence electrons. The molecule has 3 rings (SSSR count). The molecule has 0 atom stereocenters. The highest BCUT2D eigenvalue weighted by molar-refractivity contribution is 6.00. The van der Waals surface area contributed by atoms with Gasteiger partial charge in [-0.25, -0.2) is 4.39 Å². The summed E-state index contributed by atoms with van der Waals surface area (Å²) in [5.74, 6) is -0.602. The van der Waals surface area contributed by atoms with Gasteiger partial charge in [-0.2, -0.15) is 0 Å². The van der Waals surface area contributed by atoms with Crippen LogP contribution in [0.1, 0.15) is 32.6 Å². The molecule has 4 nitrogen and oxygen atoms in total. The molecule has 2 heterocycles. The maximum absolute atomic E-state index is 13.0. The molecule has 0 saturated heterocycles. The predicted octanol–water partition coefficient (Wildman–Crippen LogP) is 3.54. The Morgan fingerprint density at radius 3 is 2.52 bits per heavy atom. The Hall–Kier alpha value is -2.95. The number of rotatable bonds is 2. The first-order valence-electron chi connectivity index (χ1n) is 7.99. The standard InChI is InChI=1S/C20H19FN2O2/c1-13-3-4-15(9-14-5-7-16(21)8-6-14)10-22-11-18(24)19-17(13)12-23(2)20(19)25/h3-8,10-11,24H,9,12H2,1-2H3. The summed E-state index contributed by atoms with van der Waals surface area (Å²) < 4.78 is 13.0. The highest BCUT2D eigenvalue weighted by Crippen LogP contribution is 2.28. The van der Waals surface area contributed by atoms with Gasteiger partial charge in [-0.3, -0.25) is 9.78 Å². The van der Waals surface area contributed by atoms with Gasteiger partial charge in [-0.1, -0.05) is 24.3 Å². The summed E-state index contributed by atoms with van der Waals surface area (Å²) in [4.78, 5) is 17.9. The van der Waals surface area contributed by atoms with Crippen molar-refractivity contribution >= 4 is 5.91 Å². The van der Waals surface area contributed by atoms with Crippen molar-refractivity contribution < 1.29 is 14.3 Å². The predicted molar refractivity (Wildman–Crippen MR) is 93.3 cm³/mol. The fourth-order valence-electron chi connectivity index (χ4n) is 2.88. The van der Waals surface area contributed by atoms with Crippen LogP contribution in [0, 0.1) is 12.7 Å². The van der Waals surface area contributed by atoms with Crippen LogP contribution in [-0.2, 0) is 13.0 Å². The van der Waals surface area contributed by atoms with E-state index in [0.29, 0.717) is 18.5 Å². The smallest absolute Gasteiger partial charge is 0.258 e. The number of fused-ring (bicyclic) bond motifs is 1. The number of benzene rings is 1. The van der Waals surface area contributed by atoms with Gasteiger partial charge in [0.1, 0.15) is 11.6 Å². The number of hydrogen-bond donors (Lipinski definition) is 1. The third-order valence-corrected chi connectivity index (χ3v) is 4.30. The van der Waals surface area contributed by atoms with Crippen LogP contribution in [0.25, 0.3) is 0 Å². The minimum atomic E-state index is -0.268. The number of hydrogen-bond acceptors (Lipinski definition) is 3. The van der Waals surface area contributed by atoms with Crippen molar-refractivity contribution in [3.05, 3.63) is 82.4 Å². The lowest BCUT2D eigenvalue weighted by atomic mass is 10.0. The second-order valence-electron chi connectivity index (χ2n) is 6.20. The summed E-state index contributed by atoms with van der Waals surface area (Å²) in [7, 11) is 1.70. The number of aromatic hydroxyl groups is 1. The minimum absolute atomic E-state index is 0.128. The highest BCUT2D eigenvalue weighted by Gasteiger charge is 2.27. The molecule has 25 heavy (non-hydrogen) atoms. The van der Waals surface area contributed by atoms with E-state index in [2.05, 4.69) is 4.98 Å². The molecular formula is C20H19FN2O2. The zero-order chi connectivity index (χ0) is 18.0. The van der Waals surface area contributed by atoms with Crippen LogP contribution in [-0.4, -0.2) is 27.9 Å². The molecule has 0 bridgehead atoms. The van der Waals surface area contributed by atoms with E-state index in [1.165, 1.54) is 18.3 Å². The van der Waals surface area contributed by atoms with Gasteiger partial charge < -0.3 is 10.0 Å². The average molecular weight is 338 g/mol. The van der Waals surface area contributed by atoms with Crippen molar-refractivity contribution in [2.24, 2.45) is 0 Å². The normalized spacial score (nSPS) is 12.8. The molecule has 5 heteroatoms. The average Bonchev–Trinajstić information content (AvgIpc) is 2.89. The van der Waals surface area contributed by atoms with E-state index in [1.54, 1.807) is 30.3 Å². The Bertz CT molecular complexity index is 877. The Labute approximate surface area is 145 Å². The van der Waals surface area contributed by atoms with Gasteiger partial charge in [-0.05, 0) is 47.7 Å². The second kappa shape index (κ2) is 6.89. The van der Waals surface area contributed by atoms with Crippen LogP contribution < -0.4 is 0 Å².